The molecule has 0 aromatic heterocycles. The zero-order chi connectivity index (χ0) is 13.7. The van der Waals surface area contributed by atoms with E-state index in [1.807, 2.05) is 0 Å². The van der Waals surface area contributed by atoms with Crippen LogP contribution in [0.15, 0.2) is 11.6 Å². The van der Waals surface area contributed by atoms with Gasteiger partial charge in [0.25, 0.3) is 0 Å². The summed E-state index contributed by atoms with van der Waals surface area (Å²) < 4.78 is 0. The molecule has 0 aliphatic heterocycles. The lowest BCUT2D eigenvalue weighted by atomic mass is 9.97. The number of nitrogens with one attached hydrogen (secondary N) is 2. The molecule has 2 rings (SSSR count). The number of carboxylic acids is 1. The fraction of sp³-hybridized carbons (Fsp3) is 0.714. The molecule has 0 spiro atoms. The maximum atomic E-state index is 11.6. The lowest BCUT2D eigenvalue weighted by molar-refractivity contribution is -0.139. The first kappa shape index (κ1) is 13.9. The molecule has 106 valence electrons. The second kappa shape index (κ2) is 6.59. The predicted molar refractivity (Wildman–Crippen MR) is 71.9 cm³/mol. The van der Waals surface area contributed by atoms with E-state index in [4.69, 9.17) is 5.11 Å². The normalized spacial score (nSPS) is 20.3. The zero-order valence-electron chi connectivity index (χ0n) is 11.2. The van der Waals surface area contributed by atoms with Gasteiger partial charge < -0.3 is 15.7 Å². The van der Waals surface area contributed by atoms with Crippen molar-refractivity contribution in [2.45, 2.75) is 51.0 Å². The molecule has 5 nitrogen and oxygen atoms in total. The highest BCUT2D eigenvalue weighted by molar-refractivity contribution is 5.83. The van der Waals surface area contributed by atoms with Crippen molar-refractivity contribution in [2.24, 2.45) is 5.92 Å². The van der Waals surface area contributed by atoms with E-state index in [0.29, 0.717) is 6.54 Å². The molecule has 1 atom stereocenters. The Kier molecular flexibility index (Phi) is 4.82. The Morgan fingerprint density at radius 3 is 2.74 bits per heavy atom. The largest absolute Gasteiger partial charge is 0.480 e. The highest BCUT2D eigenvalue weighted by Crippen LogP contribution is 2.32. The van der Waals surface area contributed by atoms with Crippen molar-refractivity contribution in [1.82, 2.24) is 10.6 Å². The van der Waals surface area contributed by atoms with E-state index < -0.39 is 12.0 Å². The predicted octanol–water partition coefficient (Wildman–Crippen LogP) is 2.04. The van der Waals surface area contributed by atoms with Gasteiger partial charge in [-0.25, -0.2) is 9.59 Å². The van der Waals surface area contributed by atoms with E-state index in [-0.39, 0.29) is 11.9 Å². The third-order valence-electron chi connectivity index (χ3n) is 3.76. The molecule has 1 saturated carbocycles. The third-order valence-corrected chi connectivity index (χ3v) is 3.76. The lowest BCUT2D eigenvalue weighted by Crippen LogP contribution is -2.47. The second-order valence-electron chi connectivity index (χ2n) is 5.41. The number of hydrogen-bond acceptors (Lipinski definition) is 2. The molecule has 2 aliphatic rings. The van der Waals surface area contributed by atoms with Crippen molar-refractivity contribution in [2.75, 3.05) is 6.54 Å². The second-order valence-corrected chi connectivity index (χ2v) is 5.41. The summed E-state index contributed by atoms with van der Waals surface area (Å²) >= 11 is 0. The van der Waals surface area contributed by atoms with Gasteiger partial charge in [-0.3, -0.25) is 0 Å². The first-order valence-electron chi connectivity index (χ1n) is 7.12. The summed E-state index contributed by atoms with van der Waals surface area (Å²) in [4.78, 5) is 22.6. The van der Waals surface area contributed by atoms with E-state index in [1.165, 1.54) is 18.4 Å². The Morgan fingerprint density at radius 1 is 1.37 bits per heavy atom. The topological polar surface area (TPSA) is 78.4 Å². The van der Waals surface area contributed by atoms with E-state index in [1.54, 1.807) is 0 Å². The third kappa shape index (κ3) is 4.58. The SMILES string of the molecule is O=C(NCCC1=CCCCC1)NC(C(=O)O)C1CC1. The standard InChI is InChI=1S/C14H22N2O3/c17-13(18)12(11-6-7-11)16-14(19)15-9-8-10-4-2-1-3-5-10/h4,11-12H,1-3,5-9H2,(H,17,18)(H2,15,16,19). The van der Waals surface area contributed by atoms with Crippen LogP contribution < -0.4 is 10.6 Å². The molecule has 5 heteroatoms. The zero-order valence-corrected chi connectivity index (χ0v) is 11.2. The van der Waals surface area contributed by atoms with Gasteiger partial charge in [-0.2, -0.15) is 0 Å². The van der Waals surface area contributed by atoms with Crippen LogP contribution in [0.1, 0.15) is 44.9 Å². The number of allylic oxidation sites excluding steroid dienone is 1. The van der Waals surface area contributed by atoms with Crippen molar-refractivity contribution < 1.29 is 14.7 Å². The molecule has 0 aromatic carbocycles. The Morgan fingerprint density at radius 2 is 2.16 bits per heavy atom. The molecule has 0 aromatic rings. The maximum absolute atomic E-state index is 11.6. The number of rotatable bonds is 6. The molecule has 2 aliphatic carbocycles. The monoisotopic (exact) mass is 266 g/mol. The average molecular weight is 266 g/mol. The molecular formula is C14H22N2O3. The average Bonchev–Trinajstić information content (AvgIpc) is 3.21. The van der Waals surface area contributed by atoms with Crippen LogP contribution in [0.5, 0.6) is 0 Å². The molecule has 0 radical (unpaired) electrons. The number of carbonyl (C=O) groups excluding carboxylic acids is 1. The summed E-state index contributed by atoms with van der Waals surface area (Å²) in [5, 5.41) is 14.3. The highest BCUT2D eigenvalue weighted by Gasteiger charge is 2.37. The van der Waals surface area contributed by atoms with Crippen LogP contribution in [0.4, 0.5) is 4.79 Å². The highest BCUT2D eigenvalue weighted by atomic mass is 16.4. The summed E-state index contributed by atoms with van der Waals surface area (Å²) in [6.45, 7) is 0.578. The summed E-state index contributed by atoms with van der Waals surface area (Å²) in [7, 11) is 0. The fourth-order valence-corrected chi connectivity index (χ4v) is 2.47. The van der Waals surface area contributed by atoms with Gasteiger partial charge in [0.05, 0.1) is 0 Å². The minimum absolute atomic E-state index is 0.115. The van der Waals surface area contributed by atoms with Gasteiger partial charge in [0.15, 0.2) is 0 Å². The summed E-state index contributed by atoms with van der Waals surface area (Å²) in [5.74, 6) is -0.822. The van der Waals surface area contributed by atoms with Crippen LogP contribution in [0.2, 0.25) is 0 Å². The molecule has 2 amide bonds. The number of hydrogen-bond donors (Lipinski definition) is 3. The minimum Gasteiger partial charge on any atom is -0.480 e. The smallest absolute Gasteiger partial charge is 0.326 e. The molecule has 1 fully saturated rings. The molecular weight excluding hydrogens is 244 g/mol. The van der Waals surface area contributed by atoms with Gasteiger partial charge in [-0.1, -0.05) is 11.6 Å². The Bertz CT molecular complexity index is 375. The molecule has 0 bridgehead atoms. The fourth-order valence-electron chi connectivity index (χ4n) is 2.47. The van der Waals surface area contributed by atoms with Gasteiger partial charge in [-0.05, 0) is 50.9 Å². The van der Waals surface area contributed by atoms with Gasteiger partial charge >= 0.3 is 12.0 Å². The number of aliphatic carboxylic acids is 1. The van der Waals surface area contributed by atoms with Crippen molar-refractivity contribution >= 4 is 12.0 Å². The van der Waals surface area contributed by atoms with Crippen LogP contribution in [0.25, 0.3) is 0 Å². The van der Waals surface area contributed by atoms with Crippen LogP contribution in [-0.2, 0) is 4.79 Å². The van der Waals surface area contributed by atoms with Crippen LogP contribution in [0, 0.1) is 5.92 Å². The maximum Gasteiger partial charge on any atom is 0.326 e. The van der Waals surface area contributed by atoms with E-state index in [9.17, 15) is 9.59 Å². The Labute approximate surface area is 113 Å². The summed E-state index contributed by atoms with van der Waals surface area (Å²) in [5.41, 5.74) is 1.41. The van der Waals surface area contributed by atoms with E-state index in [0.717, 1.165) is 32.1 Å². The molecule has 1 unspecified atom stereocenters. The van der Waals surface area contributed by atoms with Crippen LogP contribution in [-0.4, -0.2) is 29.7 Å². The first-order valence-corrected chi connectivity index (χ1v) is 7.12. The summed E-state index contributed by atoms with van der Waals surface area (Å²) in [6.07, 6.45) is 9.68. The molecule has 0 heterocycles. The van der Waals surface area contributed by atoms with Crippen LogP contribution >= 0.6 is 0 Å². The van der Waals surface area contributed by atoms with Gasteiger partial charge in [-0.15, -0.1) is 0 Å². The van der Waals surface area contributed by atoms with Gasteiger partial charge in [0.1, 0.15) is 6.04 Å². The number of urea groups is 1. The van der Waals surface area contributed by atoms with E-state index in [2.05, 4.69) is 16.7 Å². The Balaban J connectivity index is 1.66. The first-order chi connectivity index (χ1) is 9.16. The van der Waals surface area contributed by atoms with Crippen molar-refractivity contribution in [3.8, 4) is 0 Å². The van der Waals surface area contributed by atoms with E-state index >= 15 is 0 Å². The molecule has 19 heavy (non-hydrogen) atoms. The number of carbonyl (C=O) groups is 2. The van der Waals surface area contributed by atoms with Crippen molar-refractivity contribution in [3.63, 3.8) is 0 Å². The molecule has 0 saturated heterocycles. The number of carboxylic acid groups (broad SMARTS) is 1. The van der Waals surface area contributed by atoms with Gasteiger partial charge in [0, 0.05) is 6.54 Å². The molecule has 3 N–H and O–H groups in total. The van der Waals surface area contributed by atoms with Crippen molar-refractivity contribution in [3.05, 3.63) is 11.6 Å². The van der Waals surface area contributed by atoms with Gasteiger partial charge in [0.2, 0.25) is 0 Å². The minimum atomic E-state index is -0.937. The van der Waals surface area contributed by atoms with Crippen LogP contribution in [0.3, 0.4) is 0 Å². The Hall–Kier alpha value is -1.52. The lowest BCUT2D eigenvalue weighted by Gasteiger charge is -2.16. The quantitative estimate of drug-likeness (QED) is 0.644. The van der Waals surface area contributed by atoms with Crippen molar-refractivity contribution in [1.29, 1.82) is 0 Å². The number of amides is 2. The summed E-state index contributed by atoms with van der Waals surface area (Å²) in [6, 6.07) is -1.09.